The van der Waals surface area contributed by atoms with Gasteiger partial charge in [-0.2, -0.15) is 0 Å². The molecule has 0 rings (SSSR count). The molecule has 0 aromatic rings. The van der Waals surface area contributed by atoms with Crippen molar-refractivity contribution in [2.75, 3.05) is 6.61 Å². The molecule has 0 saturated heterocycles. The van der Waals surface area contributed by atoms with Crippen LogP contribution in [0.15, 0.2) is 0 Å². The van der Waals surface area contributed by atoms with Crippen LogP contribution in [0, 0.1) is 5.41 Å². The van der Waals surface area contributed by atoms with Gasteiger partial charge in [0.05, 0.1) is 0 Å². The molecule has 0 aromatic heterocycles. The molecule has 0 saturated carbocycles. The van der Waals surface area contributed by atoms with Gasteiger partial charge in [-0.3, -0.25) is 19.2 Å². The molecule has 7 nitrogen and oxygen atoms in total. The topological polar surface area (TPSA) is 113 Å². The summed E-state index contributed by atoms with van der Waals surface area (Å²) in [5, 5.41) is 0. The van der Waals surface area contributed by atoms with Gasteiger partial charge in [0.2, 0.25) is 5.91 Å². The standard InChI is InChI=1S/C18H31NO6/c1-5-8-15(22)24-12-18(3,4)17(25-16(23)9-6-2)13(20)10-7-11-14(19)21/h17H,5-12H2,1-4H3,(H2,19,21)/t17-/m0/s1. The zero-order chi connectivity index (χ0) is 19.5. The molecule has 144 valence electrons. The van der Waals surface area contributed by atoms with Crippen LogP contribution in [-0.2, 0) is 28.7 Å². The van der Waals surface area contributed by atoms with E-state index in [0.717, 1.165) is 0 Å². The summed E-state index contributed by atoms with van der Waals surface area (Å²) in [5.74, 6) is -1.61. The van der Waals surface area contributed by atoms with E-state index in [1.807, 2.05) is 13.8 Å². The Morgan fingerprint density at radius 2 is 1.48 bits per heavy atom. The first-order chi connectivity index (χ1) is 11.6. The molecule has 0 unspecified atom stereocenters. The highest BCUT2D eigenvalue weighted by Gasteiger charge is 2.39. The average molecular weight is 357 g/mol. The summed E-state index contributed by atoms with van der Waals surface area (Å²) in [5.41, 5.74) is 4.21. The van der Waals surface area contributed by atoms with E-state index in [-0.39, 0.29) is 37.6 Å². The van der Waals surface area contributed by atoms with E-state index in [1.165, 1.54) is 0 Å². The third-order valence-corrected chi connectivity index (χ3v) is 3.61. The van der Waals surface area contributed by atoms with Crippen molar-refractivity contribution >= 4 is 23.6 Å². The Kier molecular flexibility index (Phi) is 10.7. The number of ether oxygens (including phenoxy) is 2. The van der Waals surface area contributed by atoms with Crippen LogP contribution >= 0.6 is 0 Å². The molecule has 0 aromatic carbocycles. The summed E-state index contributed by atoms with van der Waals surface area (Å²) in [4.78, 5) is 46.8. The van der Waals surface area contributed by atoms with Crippen molar-refractivity contribution in [3.63, 3.8) is 0 Å². The van der Waals surface area contributed by atoms with Crippen LogP contribution in [-0.4, -0.2) is 36.3 Å². The van der Waals surface area contributed by atoms with Gasteiger partial charge in [0.25, 0.3) is 0 Å². The molecule has 1 atom stereocenters. The highest BCUT2D eigenvalue weighted by atomic mass is 16.6. The lowest BCUT2D eigenvalue weighted by Gasteiger charge is -2.32. The number of hydrogen-bond acceptors (Lipinski definition) is 6. The minimum Gasteiger partial charge on any atom is -0.465 e. The van der Waals surface area contributed by atoms with Crippen molar-refractivity contribution in [3.8, 4) is 0 Å². The molecule has 0 radical (unpaired) electrons. The maximum absolute atomic E-state index is 12.5. The van der Waals surface area contributed by atoms with E-state index in [1.54, 1.807) is 13.8 Å². The lowest BCUT2D eigenvalue weighted by molar-refractivity contribution is -0.168. The lowest BCUT2D eigenvalue weighted by atomic mass is 9.83. The van der Waals surface area contributed by atoms with Gasteiger partial charge in [0.1, 0.15) is 6.61 Å². The first-order valence-corrected chi connectivity index (χ1v) is 8.80. The fraction of sp³-hybridized carbons (Fsp3) is 0.778. The van der Waals surface area contributed by atoms with Crippen molar-refractivity contribution < 1.29 is 28.7 Å². The Morgan fingerprint density at radius 3 is 2.00 bits per heavy atom. The van der Waals surface area contributed by atoms with Crippen LogP contribution in [0.3, 0.4) is 0 Å². The summed E-state index contributed by atoms with van der Waals surface area (Å²) in [6, 6.07) is 0. The number of primary amides is 1. The molecule has 0 aliphatic rings. The largest absolute Gasteiger partial charge is 0.465 e. The second-order valence-electron chi connectivity index (χ2n) is 6.81. The first-order valence-electron chi connectivity index (χ1n) is 8.80. The quantitative estimate of drug-likeness (QED) is 0.506. The number of esters is 2. The predicted octanol–water partition coefficient (Wildman–Crippen LogP) is 2.29. The number of carbonyl (C=O) groups excluding carboxylic acids is 4. The van der Waals surface area contributed by atoms with Gasteiger partial charge in [-0.15, -0.1) is 0 Å². The maximum Gasteiger partial charge on any atom is 0.306 e. The molecule has 25 heavy (non-hydrogen) atoms. The lowest BCUT2D eigenvalue weighted by Crippen LogP contribution is -2.43. The number of Topliss-reactive ketones (excluding diaryl/α,β-unsaturated/α-hetero) is 1. The number of hydrogen-bond donors (Lipinski definition) is 1. The van der Waals surface area contributed by atoms with Gasteiger partial charge < -0.3 is 15.2 Å². The summed E-state index contributed by atoms with van der Waals surface area (Å²) < 4.78 is 10.6. The van der Waals surface area contributed by atoms with Crippen molar-refractivity contribution in [3.05, 3.63) is 0 Å². The predicted molar refractivity (Wildman–Crippen MR) is 92.5 cm³/mol. The normalized spacial score (nSPS) is 12.3. The van der Waals surface area contributed by atoms with E-state index < -0.39 is 23.4 Å². The molecule has 0 aliphatic heterocycles. The molecule has 0 fully saturated rings. The van der Waals surface area contributed by atoms with Gasteiger partial charge in [-0.1, -0.05) is 27.7 Å². The number of amides is 1. The Balaban J connectivity index is 4.99. The second kappa shape index (κ2) is 11.6. The SMILES string of the molecule is CCCC(=O)OCC(C)(C)[C@@H](OC(=O)CCC)C(=O)CCCC(N)=O. The summed E-state index contributed by atoms with van der Waals surface area (Å²) in [7, 11) is 0. The van der Waals surface area contributed by atoms with Crippen LogP contribution < -0.4 is 5.73 Å². The van der Waals surface area contributed by atoms with Crippen LogP contribution in [0.4, 0.5) is 0 Å². The van der Waals surface area contributed by atoms with Gasteiger partial charge in [0, 0.05) is 31.1 Å². The Labute approximate surface area is 149 Å². The Hall–Kier alpha value is -1.92. The highest BCUT2D eigenvalue weighted by Crippen LogP contribution is 2.27. The van der Waals surface area contributed by atoms with Gasteiger partial charge in [-0.25, -0.2) is 0 Å². The summed E-state index contributed by atoms with van der Waals surface area (Å²) in [6.07, 6.45) is 1.19. The molecule has 7 heteroatoms. The zero-order valence-electron chi connectivity index (χ0n) is 15.8. The van der Waals surface area contributed by atoms with Crippen molar-refractivity contribution in [2.24, 2.45) is 11.1 Å². The van der Waals surface area contributed by atoms with E-state index in [0.29, 0.717) is 25.7 Å². The summed E-state index contributed by atoms with van der Waals surface area (Å²) in [6.45, 7) is 7.09. The van der Waals surface area contributed by atoms with Crippen LogP contribution in [0.2, 0.25) is 0 Å². The maximum atomic E-state index is 12.5. The molecule has 0 bridgehead atoms. The first kappa shape index (κ1) is 23.1. The van der Waals surface area contributed by atoms with Crippen LogP contribution in [0.25, 0.3) is 0 Å². The monoisotopic (exact) mass is 357 g/mol. The summed E-state index contributed by atoms with van der Waals surface area (Å²) >= 11 is 0. The van der Waals surface area contributed by atoms with E-state index in [9.17, 15) is 19.2 Å². The smallest absolute Gasteiger partial charge is 0.306 e. The molecular weight excluding hydrogens is 326 g/mol. The number of carbonyl (C=O) groups is 4. The number of ketones is 1. The molecule has 0 spiro atoms. The Morgan fingerprint density at radius 1 is 0.920 bits per heavy atom. The second-order valence-corrected chi connectivity index (χ2v) is 6.81. The van der Waals surface area contributed by atoms with Gasteiger partial charge >= 0.3 is 11.9 Å². The van der Waals surface area contributed by atoms with Gasteiger partial charge in [0.15, 0.2) is 11.9 Å². The molecule has 1 amide bonds. The minimum absolute atomic E-state index is 0.0303. The molecule has 2 N–H and O–H groups in total. The molecule has 0 aliphatic carbocycles. The van der Waals surface area contributed by atoms with Crippen LogP contribution in [0.1, 0.15) is 72.6 Å². The van der Waals surface area contributed by atoms with E-state index in [4.69, 9.17) is 15.2 Å². The Bertz CT molecular complexity index is 472. The van der Waals surface area contributed by atoms with Gasteiger partial charge in [-0.05, 0) is 19.3 Å². The minimum atomic E-state index is -1.03. The van der Waals surface area contributed by atoms with E-state index >= 15 is 0 Å². The highest BCUT2D eigenvalue weighted by molar-refractivity contribution is 5.87. The van der Waals surface area contributed by atoms with E-state index in [2.05, 4.69) is 0 Å². The van der Waals surface area contributed by atoms with Crippen molar-refractivity contribution in [2.45, 2.75) is 78.7 Å². The molecule has 0 heterocycles. The third-order valence-electron chi connectivity index (χ3n) is 3.61. The number of rotatable bonds is 13. The fourth-order valence-electron chi connectivity index (χ4n) is 2.24. The number of nitrogens with two attached hydrogens (primary N) is 1. The molecular formula is C18H31NO6. The van der Waals surface area contributed by atoms with Crippen molar-refractivity contribution in [1.82, 2.24) is 0 Å². The fourth-order valence-corrected chi connectivity index (χ4v) is 2.24. The average Bonchev–Trinajstić information content (AvgIpc) is 2.50. The third kappa shape index (κ3) is 9.84. The zero-order valence-corrected chi connectivity index (χ0v) is 15.8. The van der Waals surface area contributed by atoms with Crippen molar-refractivity contribution in [1.29, 1.82) is 0 Å². The van der Waals surface area contributed by atoms with Crippen LogP contribution in [0.5, 0.6) is 0 Å².